The predicted molar refractivity (Wildman–Crippen MR) is 138 cm³/mol. The molecular formula is C27H28N6O6. The Morgan fingerprint density at radius 3 is 2.51 bits per heavy atom. The number of hydrogen-bond acceptors (Lipinski definition) is 7. The van der Waals surface area contributed by atoms with Crippen LogP contribution in [0, 0.1) is 17.8 Å². The van der Waals surface area contributed by atoms with Crippen molar-refractivity contribution in [3.8, 4) is 0 Å². The number of benzene rings is 1. The Labute approximate surface area is 221 Å². The maximum atomic E-state index is 13.3. The Morgan fingerprint density at radius 2 is 1.79 bits per heavy atom. The molecule has 2 bridgehead atoms. The van der Waals surface area contributed by atoms with E-state index in [0.717, 1.165) is 29.2 Å². The van der Waals surface area contributed by atoms with Crippen LogP contribution in [0.25, 0.3) is 16.7 Å². The molecule has 0 aliphatic heterocycles. The van der Waals surface area contributed by atoms with Gasteiger partial charge in [0.15, 0.2) is 17.1 Å². The number of carbonyl (C=O) groups excluding carboxylic acids is 2. The fourth-order valence-corrected chi connectivity index (χ4v) is 5.99. The van der Waals surface area contributed by atoms with Crippen LogP contribution >= 0.6 is 0 Å². The van der Waals surface area contributed by atoms with Crippen molar-refractivity contribution in [1.29, 1.82) is 0 Å². The summed E-state index contributed by atoms with van der Waals surface area (Å²) in [7, 11) is 0. The largest absolute Gasteiger partial charge is 0.481 e. The Balaban J connectivity index is 1.18. The van der Waals surface area contributed by atoms with Crippen molar-refractivity contribution < 1.29 is 23.9 Å². The lowest BCUT2D eigenvalue weighted by atomic mass is 9.53. The van der Waals surface area contributed by atoms with Gasteiger partial charge < -0.3 is 25.1 Å². The van der Waals surface area contributed by atoms with Gasteiger partial charge in [-0.3, -0.25) is 14.4 Å². The zero-order valence-electron chi connectivity index (χ0n) is 21.4. The van der Waals surface area contributed by atoms with Crippen LogP contribution in [0.2, 0.25) is 0 Å². The van der Waals surface area contributed by atoms with Gasteiger partial charge in [-0.25, -0.2) is 19.2 Å². The number of nitrogens with zero attached hydrogens (tertiary/aromatic N) is 3. The Kier molecular flexibility index (Phi) is 5.77. The molecule has 4 aromatic rings. The van der Waals surface area contributed by atoms with E-state index in [1.54, 1.807) is 13.0 Å². The molecule has 202 valence electrons. The zero-order chi connectivity index (χ0) is 27.4. The van der Waals surface area contributed by atoms with Crippen LogP contribution in [0.1, 0.15) is 71.0 Å². The summed E-state index contributed by atoms with van der Waals surface area (Å²) in [6.45, 7) is 2.34. The van der Waals surface area contributed by atoms with E-state index in [0.29, 0.717) is 42.8 Å². The van der Waals surface area contributed by atoms with Crippen molar-refractivity contribution in [2.24, 2.45) is 10.8 Å². The molecule has 1 aromatic carbocycles. The number of hydrogen-bond donors (Lipinski definition) is 4. The van der Waals surface area contributed by atoms with Gasteiger partial charge in [-0.1, -0.05) is 6.07 Å². The van der Waals surface area contributed by atoms with Crippen LogP contribution in [0.5, 0.6) is 0 Å². The van der Waals surface area contributed by atoms with Gasteiger partial charge in [0.1, 0.15) is 16.9 Å². The first kappa shape index (κ1) is 24.8. The zero-order valence-corrected chi connectivity index (χ0v) is 21.4. The predicted octanol–water partition coefficient (Wildman–Crippen LogP) is 2.56. The molecule has 12 heteroatoms. The number of carbonyl (C=O) groups is 3. The quantitative estimate of drug-likeness (QED) is 0.281. The molecule has 3 aliphatic rings. The van der Waals surface area contributed by atoms with E-state index in [1.165, 1.54) is 12.3 Å². The molecule has 0 atom stereocenters. The summed E-state index contributed by atoms with van der Waals surface area (Å²) in [5.41, 5.74) is 0.972. The van der Waals surface area contributed by atoms with Crippen LogP contribution in [0.15, 0.2) is 39.7 Å². The number of oxazole rings is 1. The van der Waals surface area contributed by atoms with Gasteiger partial charge in [0.2, 0.25) is 0 Å². The number of aryl methyl sites for hydroxylation is 1. The number of nitrogens with one attached hydrogen (secondary N) is 3. The maximum absolute atomic E-state index is 13.3. The van der Waals surface area contributed by atoms with Crippen LogP contribution < -0.4 is 16.3 Å². The lowest BCUT2D eigenvalue weighted by molar-refractivity contribution is -0.158. The molecule has 3 aromatic heterocycles. The summed E-state index contributed by atoms with van der Waals surface area (Å²) in [6, 6.07) is 6.75. The normalized spacial score (nSPS) is 22.3. The second-order valence-electron chi connectivity index (χ2n) is 10.8. The first-order valence-electron chi connectivity index (χ1n) is 12.9. The highest BCUT2D eigenvalue weighted by Crippen LogP contribution is 2.56. The highest BCUT2D eigenvalue weighted by Gasteiger charge is 2.52. The van der Waals surface area contributed by atoms with E-state index >= 15 is 0 Å². The lowest BCUT2D eigenvalue weighted by Gasteiger charge is -2.51. The first-order valence-corrected chi connectivity index (χ1v) is 12.9. The second kappa shape index (κ2) is 9.07. The molecular weight excluding hydrogens is 504 g/mol. The van der Waals surface area contributed by atoms with Gasteiger partial charge in [-0.15, -0.1) is 0 Å². The third kappa shape index (κ3) is 4.35. The molecule has 0 radical (unpaired) electrons. The number of aliphatic carboxylic acids is 1. The third-order valence-electron chi connectivity index (χ3n) is 8.46. The minimum atomic E-state index is -0.731. The Morgan fingerprint density at radius 1 is 1.05 bits per heavy atom. The summed E-state index contributed by atoms with van der Waals surface area (Å²) < 4.78 is 6.62. The summed E-state index contributed by atoms with van der Waals surface area (Å²) in [4.78, 5) is 61.6. The number of aromatic nitrogens is 4. The first-order chi connectivity index (χ1) is 18.7. The van der Waals surface area contributed by atoms with Crippen molar-refractivity contribution in [3.05, 3.63) is 63.8 Å². The molecule has 0 unspecified atom stereocenters. The third-order valence-corrected chi connectivity index (χ3v) is 8.46. The smallest absolute Gasteiger partial charge is 0.332 e. The fraction of sp³-hybridized carbons (Fsp3) is 0.407. The average molecular weight is 533 g/mol. The number of H-pyrrole nitrogens is 1. The molecule has 12 nitrogen and oxygen atoms in total. The van der Waals surface area contributed by atoms with Gasteiger partial charge in [0.05, 0.1) is 5.41 Å². The maximum Gasteiger partial charge on any atom is 0.332 e. The van der Waals surface area contributed by atoms with E-state index in [2.05, 4.69) is 25.6 Å². The van der Waals surface area contributed by atoms with E-state index in [-0.39, 0.29) is 29.0 Å². The topological polar surface area (TPSA) is 172 Å². The lowest BCUT2D eigenvalue weighted by Crippen LogP contribution is -2.50. The Bertz CT molecular complexity index is 1670. The molecule has 2 amide bonds. The number of carboxylic acids is 1. The van der Waals surface area contributed by atoms with E-state index in [9.17, 15) is 24.3 Å². The van der Waals surface area contributed by atoms with Gasteiger partial charge in [0, 0.05) is 26.2 Å². The monoisotopic (exact) mass is 532 g/mol. The van der Waals surface area contributed by atoms with Gasteiger partial charge in [-0.05, 0) is 67.7 Å². The second-order valence-corrected chi connectivity index (χ2v) is 10.8. The highest BCUT2D eigenvalue weighted by atomic mass is 16.4. The van der Waals surface area contributed by atoms with E-state index in [4.69, 9.17) is 4.42 Å². The molecule has 3 aliphatic carbocycles. The molecule has 0 spiro atoms. The summed E-state index contributed by atoms with van der Waals surface area (Å²) in [5, 5.41) is 15.4. The molecule has 39 heavy (non-hydrogen) atoms. The highest BCUT2D eigenvalue weighted by molar-refractivity contribution is 5.98. The van der Waals surface area contributed by atoms with E-state index < -0.39 is 28.9 Å². The van der Waals surface area contributed by atoms with Crippen LogP contribution in [-0.2, 0) is 11.3 Å². The summed E-state index contributed by atoms with van der Waals surface area (Å²) in [5.74, 6) is -1.18. The van der Waals surface area contributed by atoms with Gasteiger partial charge in [-0.2, -0.15) is 0 Å². The SMILES string of the molecule is Cc1nc2cc(CNC(=O)c3cc(C(=O)NCC45CCC(C(=O)O)(CC4)CC5)n4c(=O)[nH]cc4n3)ccc2o1. The van der Waals surface area contributed by atoms with Crippen LogP contribution in [0.3, 0.4) is 0 Å². The van der Waals surface area contributed by atoms with Gasteiger partial charge in [0.25, 0.3) is 11.8 Å². The van der Waals surface area contributed by atoms with Crippen molar-refractivity contribution in [3.63, 3.8) is 0 Å². The number of carboxylic acid groups (broad SMARTS) is 1. The summed E-state index contributed by atoms with van der Waals surface area (Å²) >= 11 is 0. The molecule has 3 saturated carbocycles. The fourth-order valence-electron chi connectivity index (χ4n) is 5.99. The van der Waals surface area contributed by atoms with Crippen molar-refractivity contribution in [2.75, 3.05) is 6.54 Å². The summed E-state index contributed by atoms with van der Waals surface area (Å²) in [6.07, 6.45) is 5.32. The minimum Gasteiger partial charge on any atom is -0.481 e. The van der Waals surface area contributed by atoms with Crippen LogP contribution in [-0.4, -0.2) is 48.8 Å². The molecule has 4 N–H and O–H groups in total. The molecule has 3 fully saturated rings. The minimum absolute atomic E-state index is 0.00112. The Hall–Kier alpha value is -4.48. The van der Waals surface area contributed by atoms with Crippen molar-refractivity contribution >= 4 is 34.5 Å². The number of rotatable bonds is 7. The molecule has 3 heterocycles. The number of imidazole rings is 1. The number of aromatic amines is 1. The van der Waals surface area contributed by atoms with E-state index in [1.807, 2.05) is 12.1 Å². The van der Waals surface area contributed by atoms with Crippen molar-refractivity contribution in [1.82, 2.24) is 30.0 Å². The standard InChI is InChI=1S/C27H28N6O6/c1-15-31-17-10-16(2-3-20(17)39-15)12-28-22(34)18-11-19(33-21(32-18)13-29-25(33)38)23(35)30-14-26-4-7-27(8-5-26,9-6-26)24(36)37/h2-3,10-11,13H,4-9,12,14H2,1H3,(H,28,34)(H,29,38)(H,30,35)(H,36,37). The molecule has 0 saturated heterocycles. The van der Waals surface area contributed by atoms with Crippen LogP contribution in [0.4, 0.5) is 0 Å². The van der Waals surface area contributed by atoms with Crippen molar-refractivity contribution in [2.45, 2.75) is 52.0 Å². The number of amides is 2. The molecule has 7 rings (SSSR count). The number of fused-ring (bicyclic) bond motifs is 5. The average Bonchev–Trinajstić information content (AvgIpc) is 3.51. The van der Waals surface area contributed by atoms with Gasteiger partial charge >= 0.3 is 11.7 Å².